The normalized spacial score (nSPS) is 17.1. The lowest BCUT2D eigenvalue weighted by molar-refractivity contribution is -0.145. The number of hydrogen-bond donors (Lipinski definition) is 5. The minimum absolute atomic E-state index is 0.0120. The molecule has 0 saturated heterocycles. The number of nitrogen functional groups attached to an aromatic ring is 1. The lowest BCUT2D eigenvalue weighted by Crippen LogP contribution is -2.41. The summed E-state index contributed by atoms with van der Waals surface area (Å²) in [7, 11) is -4.60. The fourth-order valence-corrected chi connectivity index (χ4v) is 4.14. The molecule has 2 heterocycles. The van der Waals surface area contributed by atoms with E-state index < -0.39 is 50.3 Å². The molecule has 0 saturated carbocycles. The predicted octanol–water partition coefficient (Wildman–Crippen LogP) is 0.448. The molecule has 0 bridgehead atoms. The maximum atomic E-state index is 13.8. The van der Waals surface area contributed by atoms with Crippen molar-refractivity contribution >= 4 is 30.8 Å². The van der Waals surface area contributed by atoms with E-state index in [1.54, 1.807) is 6.92 Å². The molecule has 0 radical (unpaired) electrons. The minimum Gasteiger partial charge on any atom is -0.465 e. The Morgan fingerprint density at radius 1 is 1.40 bits per heavy atom. The fraction of sp³-hybridized carbons (Fsp3) is 0.684. The van der Waals surface area contributed by atoms with Crippen LogP contribution in [0, 0.1) is 5.92 Å². The number of ether oxygens (including phenoxy) is 2. The second kappa shape index (κ2) is 12.5. The summed E-state index contributed by atoms with van der Waals surface area (Å²) in [6.07, 6.45) is -3.51. The van der Waals surface area contributed by atoms with E-state index in [9.17, 15) is 28.5 Å². The van der Waals surface area contributed by atoms with Crippen LogP contribution in [-0.4, -0.2) is 73.1 Å². The van der Waals surface area contributed by atoms with Crippen LogP contribution in [0.25, 0.3) is 11.2 Å². The first-order chi connectivity index (χ1) is 16.3. The van der Waals surface area contributed by atoms with Crippen molar-refractivity contribution < 1.29 is 37.7 Å². The quantitative estimate of drug-likeness (QED) is 0.169. The number of aliphatic hydroxyl groups excluding tert-OH is 1. The standard InChI is InChI=1S/C19H32FN6O8P/c1-5-32-18(29)12(6-10(2)3)25-35(30,31)34-7-13(15(27)11(4)20)33-9-26-8-22-14-16(26)23-19(21)24-17(14)28/h8,10-13,15,27H,5-7,9H2,1-4H3,(H2,25,30,31)(H3,21,23,24,28)/t11?,12-,13+,15+/m0/s1. The molecular weight excluding hydrogens is 490 g/mol. The molecule has 0 spiro atoms. The summed E-state index contributed by atoms with van der Waals surface area (Å²) in [6, 6.07) is -1.12. The number of fused-ring (bicyclic) bond motifs is 1. The number of aliphatic hydroxyl groups is 1. The molecule has 0 aliphatic rings. The van der Waals surface area contributed by atoms with E-state index >= 15 is 0 Å². The van der Waals surface area contributed by atoms with E-state index in [2.05, 4.69) is 20.0 Å². The molecule has 5 atom stereocenters. The van der Waals surface area contributed by atoms with E-state index in [4.69, 9.17) is 19.7 Å². The van der Waals surface area contributed by atoms with Crippen LogP contribution < -0.4 is 16.4 Å². The highest BCUT2D eigenvalue weighted by Crippen LogP contribution is 2.39. The van der Waals surface area contributed by atoms with E-state index in [0.29, 0.717) is 0 Å². The van der Waals surface area contributed by atoms with Gasteiger partial charge in [-0.25, -0.2) is 19.0 Å². The Balaban J connectivity index is 2.12. The Morgan fingerprint density at radius 3 is 2.69 bits per heavy atom. The van der Waals surface area contributed by atoms with Crippen LogP contribution in [0.1, 0.15) is 34.1 Å². The van der Waals surface area contributed by atoms with E-state index in [1.807, 2.05) is 13.8 Å². The largest absolute Gasteiger partial charge is 0.465 e. The number of aromatic amines is 1. The summed E-state index contributed by atoms with van der Waals surface area (Å²) in [4.78, 5) is 44.5. The number of imidazole rings is 1. The molecule has 6 N–H and O–H groups in total. The lowest BCUT2D eigenvalue weighted by Gasteiger charge is -2.27. The molecule has 0 aromatic carbocycles. The summed E-state index contributed by atoms with van der Waals surface area (Å²) >= 11 is 0. The van der Waals surface area contributed by atoms with E-state index in [0.717, 1.165) is 6.92 Å². The number of nitrogens with zero attached hydrogens (tertiary/aromatic N) is 3. The highest BCUT2D eigenvalue weighted by Gasteiger charge is 2.34. The summed E-state index contributed by atoms with van der Waals surface area (Å²) in [5, 5.41) is 12.5. The number of nitrogens with two attached hydrogens (primary N) is 1. The first-order valence-electron chi connectivity index (χ1n) is 10.9. The predicted molar refractivity (Wildman–Crippen MR) is 123 cm³/mol. The third-order valence-corrected chi connectivity index (χ3v) is 5.92. The number of aromatic nitrogens is 4. The van der Waals surface area contributed by atoms with Crippen molar-refractivity contribution in [3.05, 3.63) is 16.7 Å². The maximum absolute atomic E-state index is 13.8. The molecule has 2 aromatic rings. The monoisotopic (exact) mass is 522 g/mol. The number of halogens is 1. The smallest absolute Gasteiger partial charge is 0.403 e. The number of esters is 1. The van der Waals surface area contributed by atoms with Crippen molar-refractivity contribution in [2.75, 3.05) is 18.9 Å². The first-order valence-corrected chi connectivity index (χ1v) is 12.5. The summed E-state index contributed by atoms with van der Waals surface area (Å²) in [6.45, 7) is 5.31. The molecule has 2 rings (SSSR count). The molecule has 0 fully saturated rings. The number of carbonyl (C=O) groups excluding carboxylic acids is 1. The summed E-state index contributed by atoms with van der Waals surface area (Å²) in [5.41, 5.74) is 5.03. The van der Waals surface area contributed by atoms with Crippen molar-refractivity contribution in [2.24, 2.45) is 5.92 Å². The van der Waals surface area contributed by atoms with Gasteiger partial charge in [-0.1, -0.05) is 13.8 Å². The topological polar surface area (TPSA) is 204 Å². The van der Waals surface area contributed by atoms with E-state index in [-0.39, 0.29) is 42.8 Å². The van der Waals surface area contributed by atoms with Crippen molar-refractivity contribution in [1.82, 2.24) is 24.6 Å². The molecule has 198 valence electrons. The number of rotatable bonds is 14. The van der Waals surface area contributed by atoms with Gasteiger partial charge in [-0.15, -0.1) is 0 Å². The Bertz CT molecular complexity index is 1090. The zero-order valence-electron chi connectivity index (χ0n) is 19.9. The van der Waals surface area contributed by atoms with Gasteiger partial charge >= 0.3 is 13.7 Å². The van der Waals surface area contributed by atoms with Gasteiger partial charge in [-0.3, -0.25) is 23.7 Å². The van der Waals surface area contributed by atoms with Crippen molar-refractivity contribution in [1.29, 1.82) is 0 Å². The number of carbonyl (C=O) groups is 1. The Labute approximate surface area is 200 Å². The number of H-pyrrole nitrogens is 1. The maximum Gasteiger partial charge on any atom is 0.403 e. The van der Waals surface area contributed by atoms with Crippen LogP contribution in [0.3, 0.4) is 0 Å². The zero-order valence-corrected chi connectivity index (χ0v) is 20.8. The Morgan fingerprint density at radius 2 is 2.09 bits per heavy atom. The van der Waals surface area contributed by atoms with Gasteiger partial charge in [0.05, 0.1) is 19.5 Å². The SMILES string of the molecule is CCOC(=O)[C@H](CC(C)C)NP(=O)(O)OC[C@@H](OCn1cnc2c(=O)[nH]c(N)nc21)[C@H](O)C(C)F. The van der Waals surface area contributed by atoms with Crippen molar-refractivity contribution in [2.45, 2.75) is 65.3 Å². The molecule has 35 heavy (non-hydrogen) atoms. The number of anilines is 1. The van der Waals surface area contributed by atoms with Gasteiger partial charge in [-0.2, -0.15) is 4.98 Å². The number of hydrogen-bond acceptors (Lipinski definition) is 10. The third-order valence-electron chi connectivity index (χ3n) is 4.78. The van der Waals surface area contributed by atoms with Crippen LogP contribution in [-0.2, 0) is 30.1 Å². The Hall–Kier alpha value is -2.42. The van der Waals surface area contributed by atoms with E-state index in [1.165, 1.54) is 10.9 Å². The van der Waals surface area contributed by atoms with Gasteiger partial charge in [0.25, 0.3) is 5.56 Å². The average molecular weight is 522 g/mol. The molecule has 0 aliphatic carbocycles. The lowest BCUT2D eigenvalue weighted by atomic mass is 10.1. The van der Waals surface area contributed by atoms with Gasteiger partial charge in [0.1, 0.15) is 31.2 Å². The highest BCUT2D eigenvalue weighted by atomic mass is 31.2. The van der Waals surface area contributed by atoms with Gasteiger partial charge < -0.3 is 25.2 Å². The third kappa shape index (κ3) is 8.33. The number of nitrogens with one attached hydrogen (secondary N) is 2. The van der Waals surface area contributed by atoms with Crippen molar-refractivity contribution in [3.63, 3.8) is 0 Å². The molecule has 16 heteroatoms. The van der Waals surface area contributed by atoms with Gasteiger partial charge in [0.2, 0.25) is 5.95 Å². The minimum atomic E-state index is -4.60. The van der Waals surface area contributed by atoms with Crippen LogP contribution in [0.2, 0.25) is 0 Å². The zero-order chi connectivity index (χ0) is 26.3. The average Bonchev–Trinajstić information content (AvgIpc) is 3.15. The highest BCUT2D eigenvalue weighted by molar-refractivity contribution is 7.50. The molecule has 2 aromatic heterocycles. The summed E-state index contributed by atoms with van der Waals surface area (Å²) in [5.74, 6) is -0.897. The van der Waals surface area contributed by atoms with Crippen LogP contribution in [0.15, 0.2) is 11.1 Å². The van der Waals surface area contributed by atoms with Gasteiger partial charge in [0, 0.05) is 0 Å². The Kier molecular flexibility index (Phi) is 10.3. The van der Waals surface area contributed by atoms with Gasteiger partial charge in [0.15, 0.2) is 11.2 Å². The molecular formula is C19H32FN6O8P. The van der Waals surface area contributed by atoms with Crippen LogP contribution in [0.4, 0.5) is 10.3 Å². The molecule has 14 nitrogen and oxygen atoms in total. The van der Waals surface area contributed by atoms with Gasteiger partial charge in [-0.05, 0) is 26.2 Å². The summed E-state index contributed by atoms with van der Waals surface area (Å²) < 4.78 is 43.2. The molecule has 2 unspecified atom stereocenters. The second-order valence-electron chi connectivity index (χ2n) is 8.22. The van der Waals surface area contributed by atoms with Crippen LogP contribution >= 0.6 is 7.75 Å². The first kappa shape index (κ1) is 28.8. The van der Waals surface area contributed by atoms with Crippen LogP contribution in [0.5, 0.6) is 0 Å². The fourth-order valence-electron chi connectivity index (χ4n) is 3.11. The number of alkyl halides is 1. The molecule has 0 aliphatic heterocycles. The van der Waals surface area contributed by atoms with Crippen molar-refractivity contribution in [3.8, 4) is 0 Å². The molecule has 0 amide bonds. The second-order valence-corrected chi connectivity index (χ2v) is 9.78.